The maximum absolute atomic E-state index is 11.5. The zero-order chi connectivity index (χ0) is 24.2. The largest absolute Gasteiger partial charge is 0.455 e. The van der Waals surface area contributed by atoms with Gasteiger partial charge in [-0.05, 0) is 31.8 Å². The summed E-state index contributed by atoms with van der Waals surface area (Å²) in [5, 5.41) is 2.93. The molecule has 192 valence electrons. The zero-order valence-electron chi connectivity index (χ0n) is 22.0. The van der Waals surface area contributed by atoms with Crippen LogP contribution in [0.1, 0.15) is 129 Å². The number of ether oxygens (including phenoxy) is 1. The molecule has 0 aliphatic carbocycles. The molecule has 0 amide bonds. The fourth-order valence-corrected chi connectivity index (χ4v) is 3.84. The van der Waals surface area contributed by atoms with Crippen molar-refractivity contribution in [1.82, 2.24) is 5.32 Å². The van der Waals surface area contributed by atoms with Crippen LogP contribution in [0.3, 0.4) is 0 Å². The van der Waals surface area contributed by atoms with E-state index in [9.17, 15) is 4.79 Å². The van der Waals surface area contributed by atoms with Crippen LogP contribution in [0.15, 0.2) is 29.8 Å². The van der Waals surface area contributed by atoms with Crippen molar-refractivity contribution in [3.8, 4) is 0 Å². The predicted molar refractivity (Wildman–Crippen MR) is 145 cm³/mol. The molecule has 0 fully saturated rings. The number of nitrogens with one attached hydrogen (secondary N) is 1. The number of rotatable bonds is 21. The lowest BCUT2D eigenvalue weighted by molar-refractivity contribution is -0.141. The first-order valence-electron chi connectivity index (χ1n) is 14.0. The van der Waals surface area contributed by atoms with Crippen LogP contribution < -0.4 is 5.32 Å². The number of hydrogen-bond acceptors (Lipinski definition) is 4. The van der Waals surface area contributed by atoms with Gasteiger partial charge < -0.3 is 10.1 Å². The molecule has 0 saturated heterocycles. The van der Waals surface area contributed by atoms with Gasteiger partial charge in [-0.1, -0.05) is 116 Å². The van der Waals surface area contributed by atoms with Crippen LogP contribution >= 0.6 is 0 Å². The maximum Gasteiger partial charge on any atom is 0.330 e. The highest BCUT2D eigenvalue weighted by Crippen LogP contribution is 2.14. The first-order chi connectivity index (χ1) is 16.2. The number of carbonyl (C=O) groups excluding carboxylic acids is 1. The Morgan fingerprint density at radius 1 is 0.909 bits per heavy atom. The van der Waals surface area contributed by atoms with Crippen LogP contribution in [0.2, 0.25) is 0 Å². The predicted octanol–water partition coefficient (Wildman–Crippen LogP) is 8.32. The molecule has 33 heavy (non-hydrogen) atoms. The topological polar surface area (TPSA) is 50.7 Å². The summed E-state index contributed by atoms with van der Waals surface area (Å²) in [6, 6.07) is 0. The third-order valence-electron chi connectivity index (χ3n) is 5.92. The summed E-state index contributed by atoms with van der Waals surface area (Å²) in [4.78, 5) is 15.3. The summed E-state index contributed by atoms with van der Waals surface area (Å²) in [6.07, 6.45) is 30.6. The van der Waals surface area contributed by atoms with E-state index in [1.165, 1.54) is 102 Å². The molecule has 4 heteroatoms. The van der Waals surface area contributed by atoms with Crippen LogP contribution in [0, 0.1) is 0 Å². The van der Waals surface area contributed by atoms with Crippen LogP contribution in [0.4, 0.5) is 0 Å². The van der Waals surface area contributed by atoms with Crippen LogP contribution in [0.5, 0.6) is 0 Å². The molecule has 0 bridgehead atoms. The van der Waals surface area contributed by atoms with Crippen molar-refractivity contribution in [2.75, 3.05) is 13.1 Å². The molecule has 0 saturated carbocycles. The van der Waals surface area contributed by atoms with E-state index < -0.39 is 0 Å². The minimum atomic E-state index is -0.310. The SMILES string of the molecule is C1=NCCN1.C=CC(=O)OC(/C=C/CCCCCCCCCCCCCC)CCCCCC. The monoisotopic (exact) mass is 462 g/mol. The number of hydrogen-bond donors (Lipinski definition) is 1. The van der Waals surface area contributed by atoms with Crippen molar-refractivity contribution in [2.24, 2.45) is 4.99 Å². The Morgan fingerprint density at radius 2 is 1.45 bits per heavy atom. The molecule has 1 atom stereocenters. The van der Waals surface area contributed by atoms with Crippen molar-refractivity contribution >= 4 is 12.3 Å². The summed E-state index contributed by atoms with van der Waals surface area (Å²) >= 11 is 0. The van der Waals surface area contributed by atoms with Gasteiger partial charge in [-0.15, -0.1) is 0 Å². The van der Waals surface area contributed by atoms with Gasteiger partial charge in [0, 0.05) is 12.6 Å². The van der Waals surface area contributed by atoms with Crippen molar-refractivity contribution in [3.63, 3.8) is 0 Å². The molecule has 0 aromatic heterocycles. The van der Waals surface area contributed by atoms with Gasteiger partial charge >= 0.3 is 5.97 Å². The molecule has 1 heterocycles. The third kappa shape index (κ3) is 24.9. The molecule has 0 aromatic carbocycles. The quantitative estimate of drug-likeness (QED) is 0.0807. The molecule has 4 nitrogen and oxygen atoms in total. The summed E-state index contributed by atoms with van der Waals surface area (Å²) in [6.45, 7) is 9.97. The second-order valence-electron chi connectivity index (χ2n) is 9.12. The second-order valence-corrected chi connectivity index (χ2v) is 9.12. The van der Waals surface area contributed by atoms with Gasteiger partial charge in [0.1, 0.15) is 6.10 Å². The van der Waals surface area contributed by atoms with Gasteiger partial charge in [-0.2, -0.15) is 0 Å². The Morgan fingerprint density at radius 3 is 1.91 bits per heavy atom. The Kier molecular flexibility index (Phi) is 25.4. The van der Waals surface area contributed by atoms with E-state index in [0.29, 0.717) is 0 Å². The molecular formula is C29H54N2O2. The fraction of sp³-hybridized carbons (Fsp3) is 0.793. The average molecular weight is 463 g/mol. The van der Waals surface area contributed by atoms with Gasteiger partial charge in [0.05, 0.1) is 12.9 Å². The summed E-state index contributed by atoms with van der Waals surface area (Å²) < 4.78 is 5.45. The van der Waals surface area contributed by atoms with Crippen LogP contribution in [-0.2, 0) is 9.53 Å². The number of esters is 1. The molecule has 1 aliphatic heterocycles. The molecule has 1 aliphatic rings. The van der Waals surface area contributed by atoms with E-state index in [4.69, 9.17) is 4.74 Å². The second kappa shape index (κ2) is 26.7. The summed E-state index contributed by atoms with van der Waals surface area (Å²) in [5.41, 5.74) is 0. The summed E-state index contributed by atoms with van der Waals surface area (Å²) in [7, 11) is 0. The Labute approximate surface area is 205 Å². The minimum absolute atomic E-state index is 0.0836. The number of nitrogens with zero attached hydrogens (tertiary/aromatic N) is 1. The molecule has 1 rings (SSSR count). The number of aliphatic imine (C=N–C) groups is 1. The van der Waals surface area contributed by atoms with Gasteiger partial charge in [0.25, 0.3) is 0 Å². The zero-order valence-corrected chi connectivity index (χ0v) is 22.0. The van der Waals surface area contributed by atoms with Crippen LogP contribution in [-0.4, -0.2) is 31.5 Å². The lowest BCUT2D eigenvalue weighted by Crippen LogP contribution is -2.14. The van der Waals surface area contributed by atoms with Crippen molar-refractivity contribution < 1.29 is 9.53 Å². The Balaban J connectivity index is 0.00000179. The maximum atomic E-state index is 11.5. The van der Waals surface area contributed by atoms with Crippen molar-refractivity contribution in [1.29, 1.82) is 0 Å². The number of allylic oxidation sites excluding steroid dienone is 1. The smallest absolute Gasteiger partial charge is 0.330 e. The van der Waals surface area contributed by atoms with E-state index in [0.717, 1.165) is 32.4 Å². The van der Waals surface area contributed by atoms with E-state index in [2.05, 4.69) is 42.9 Å². The highest BCUT2D eigenvalue weighted by molar-refractivity contribution is 5.81. The highest BCUT2D eigenvalue weighted by atomic mass is 16.5. The van der Waals surface area contributed by atoms with Crippen molar-refractivity contribution in [2.45, 2.75) is 136 Å². The number of unbranched alkanes of at least 4 members (excludes halogenated alkanes) is 15. The minimum Gasteiger partial charge on any atom is -0.455 e. The van der Waals surface area contributed by atoms with Gasteiger partial charge in [-0.3, -0.25) is 4.99 Å². The Bertz CT molecular complexity index is 482. The molecule has 0 spiro atoms. The average Bonchev–Trinajstić information content (AvgIpc) is 3.42. The van der Waals surface area contributed by atoms with E-state index in [1.54, 1.807) is 6.34 Å². The first kappa shape index (κ1) is 31.4. The van der Waals surface area contributed by atoms with Crippen molar-refractivity contribution in [3.05, 3.63) is 24.8 Å². The third-order valence-corrected chi connectivity index (χ3v) is 5.92. The highest BCUT2D eigenvalue weighted by Gasteiger charge is 2.08. The first-order valence-corrected chi connectivity index (χ1v) is 14.0. The van der Waals surface area contributed by atoms with E-state index >= 15 is 0 Å². The summed E-state index contributed by atoms with van der Waals surface area (Å²) in [5.74, 6) is -0.310. The molecule has 1 unspecified atom stereocenters. The molecule has 0 radical (unpaired) electrons. The molecular weight excluding hydrogens is 408 g/mol. The van der Waals surface area contributed by atoms with Crippen LogP contribution in [0.25, 0.3) is 0 Å². The molecule has 0 aromatic rings. The van der Waals surface area contributed by atoms with Gasteiger partial charge in [0.15, 0.2) is 0 Å². The van der Waals surface area contributed by atoms with Gasteiger partial charge in [-0.25, -0.2) is 4.79 Å². The lowest BCUT2D eigenvalue weighted by atomic mass is 10.0. The fourth-order valence-electron chi connectivity index (χ4n) is 3.84. The van der Waals surface area contributed by atoms with Gasteiger partial charge in [0.2, 0.25) is 0 Å². The standard InChI is InChI=1S/C26H48O2.C3H6N2/c1-4-7-9-11-12-13-14-15-16-17-18-19-20-22-24-25(28-26(27)6-3)23-21-10-8-5-2;1-2-5-3-4-1/h6,22,24-25H,3-5,7-21,23H2,1-2H3;3H,1-2H2,(H,4,5)/b24-22+;. The number of carbonyl (C=O) groups is 1. The Hall–Kier alpha value is -1.58. The van der Waals surface area contributed by atoms with E-state index in [-0.39, 0.29) is 12.1 Å². The normalized spacial score (nSPS) is 13.4. The molecule has 1 N–H and O–H groups in total. The van der Waals surface area contributed by atoms with E-state index in [1.807, 2.05) is 0 Å². The lowest BCUT2D eigenvalue weighted by Gasteiger charge is -2.13.